The Labute approximate surface area is 88.8 Å². The summed E-state index contributed by atoms with van der Waals surface area (Å²) < 4.78 is 18.4. The fraction of sp³-hybridized carbons (Fsp3) is 0.455. The van der Waals surface area contributed by atoms with Gasteiger partial charge in [0.15, 0.2) is 0 Å². The SMILES string of the molecule is COc1cc(Cl)c(F)cc1C(C)(C)C. The van der Waals surface area contributed by atoms with Crippen LogP contribution >= 0.6 is 11.6 Å². The average Bonchev–Trinajstić information content (AvgIpc) is 2.07. The van der Waals surface area contributed by atoms with E-state index in [1.165, 1.54) is 12.1 Å². The van der Waals surface area contributed by atoms with E-state index in [-0.39, 0.29) is 10.4 Å². The van der Waals surface area contributed by atoms with Crippen LogP contribution in [-0.4, -0.2) is 7.11 Å². The van der Waals surface area contributed by atoms with E-state index in [0.29, 0.717) is 5.75 Å². The molecule has 0 bridgehead atoms. The van der Waals surface area contributed by atoms with E-state index < -0.39 is 5.82 Å². The van der Waals surface area contributed by atoms with Crippen molar-refractivity contribution < 1.29 is 9.13 Å². The summed E-state index contributed by atoms with van der Waals surface area (Å²) in [6, 6.07) is 2.94. The number of rotatable bonds is 1. The Bertz CT molecular complexity index is 342. The Kier molecular flexibility index (Phi) is 3.05. The highest BCUT2D eigenvalue weighted by Gasteiger charge is 2.20. The fourth-order valence-electron chi connectivity index (χ4n) is 1.28. The van der Waals surface area contributed by atoms with Gasteiger partial charge in [-0.2, -0.15) is 0 Å². The molecule has 0 aliphatic carbocycles. The molecule has 0 unspecified atom stereocenters. The molecule has 0 aliphatic heterocycles. The maximum atomic E-state index is 13.2. The largest absolute Gasteiger partial charge is 0.496 e. The second-order valence-electron chi connectivity index (χ2n) is 4.22. The maximum absolute atomic E-state index is 13.2. The molecule has 0 aromatic heterocycles. The van der Waals surface area contributed by atoms with Crippen molar-refractivity contribution in [3.05, 3.63) is 28.5 Å². The summed E-state index contributed by atoms with van der Waals surface area (Å²) in [6.07, 6.45) is 0. The lowest BCUT2D eigenvalue weighted by molar-refractivity contribution is 0.395. The van der Waals surface area contributed by atoms with Crippen LogP contribution in [0.15, 0.2) is 12.1 Å². The molecule has 1 aromatic carbocycles. The first kappa shape index (κ1) is 11.3. The van der Waals surface area contributed by atoms with Crippen LogP contribution in [0.4, 0.5) is 4.39 Å². The van der Waals surface area contributed by atoms with Crippen molar-refractivity contribution in [3.8, 4) is 5.75 Å². The molecule has 0 radical (unpaired) electrons. The van der Waals surface area contributed by atoms with Crippen LogP contribution in [-0.2, 0) is 5.41 Å². The van der Waals surface area contributed by atoms with Crippen molar-refractivity contribution in [2.45, 2.75) is 26.2 Å². The Morgan fingerprint density at radius 3 is 2.29 bits per heavy atom. The molecule has 14 heavy (non-hydrogen) atoms. The van der Waals surface area contributed by atoms with Crippen LogP contribution in [0.3, 0.4) is 0 Å². The van der Waals surface area contributed by atoms with Gasteiger partial charge >= 0.3 is 0 Å². The van der Waals surface area contributed by atoms with Gasteiger partial charge in [-0.15, -0.1) is 0 Å². The Morgan fingerprint density at radius 2 is 1.86 bits per heavy atom. The summed E-state index contributed by atoms with van der Waals surface area (Å²) in [5.74, 6) is 0.223. The van der Waals surface area contributed by atoms with Gasteiger partial charge < -0.3 is 4.74 Å². The van der Waals surface area contributed by atoms with E-state index >= 15 is 0 Å². The molecule has 0 atom stereocenters. The minimum Gasteiger partial charge on any atom is -0.496 e. The molecule has 0 aliphatic rings. The highest BCUT2D eigenvalue weighted by atomic mass is 35.5. The summed E-state index contributed by atoms with van der Waals surface area (Å²) in [4.78, 5) is 0. The second-order valence-corrected chi connectivity index (χ2v) is 4.62. The third-order valence-electron chi connectivity index (χ3n) is 2.05. The predicted octanol–water partition coefficient (Wildman–Crippen LogP) is 3.79. The zero-order valence-corrected chi connectivity index (χ0v) is 9.57. The molecular formula is C11H14ClFO. The van der Waals surface area contributed by atoms with Gasteiger partial charge in [0.25, 0.3) is 0 Å². The van der Waals surface area contributed by atoms with Gasteiger partial charge in [0.2, 0.25) is 0 Å². The molecule has 78 valence electrons. The van der Waals surface area contributed by atoms with Crippen LogP contribution < -0.4 is 4.74 Å². The first-order valence-corrected chi connectivity index (χ1v) is 4.77. The molecule has 1 rings (SSSR count). The van der Waals surface area contributed by atoms with E-state index in [1.54, 1.807) is 7.11 Å². The summed E-state index contributed by atoms with van der Waals surface area (Å²) in [5.41, 5.74) is 0.665. The third-order valence-corrected chi connectivity index (χ3v) is 2.34. The van der Waals surface area contributed by atoms with Crippen LogP contribution in [0.2, 0.25) is 5.02 Å². The Morgan fingerprint density at radius 1 is 1.29 bits per heavy atom. The van der Waals surface area contributed by atoms with Crippen molar-refractivity contribution in [1.29, 1.82) is 0 Å². The molecule has 0 spiro atoms. The smallest absolute Gasteiger partial charge is 0.142 e. The fourth-order valence-corrected chi connectivity index (χ4v) is 1.44. The molecule has 0 N–H and O–H groups in total. The van der Waals surface area contributed by atoms with Gasteiger partial charge in [-0.05, 0) is 11.5 Å². The summed E-state index contributed by atoms with van der Waals surface area (Å²) in [6.45, 7) is 5.99. The standard InChI is InChI=1S/C11H14ClFO/c1-11(2,3)7-5-9(13)8(12)6-10(7)14-4/h5-6H,1-4H3. The molecule has 0 saturated heterocycles. The molecule has 1 aromatic rings. The number of halogens is 2. The van der Waals surface area contributed by atoms with Crippen LogP contribution in [0, 0.1) is 5.82 Å². The van der Waals surface area contributed by atoms with Crippen LogP contribution in [0.1, 0.15) is 26.3 Å². The van der Waals surface area contributed by atoms with Crippen molar-refractivity contribution in [2.24, 2.45) is 0 Å². The topological polar surface area (TPSA) is 9.23 Å². The van der Waals surface area contributed by atoms with Crippen molar-refractivity contribution >= 4 is 11.6 Å². The molecule has 1 nitrogen and oxygen atoms in total. The average molecular weight is 217 g/mol. The molecule has 0 amide bonds. The van der Waals surface area contributed by atoms with Gasteiger partial charge in [0, 0.05) is 11.6 Å². The molecule has 3 heteroatoms. The first-order valence-electron chi connectivity index (χ1n) is 4.40. The van der Waals surface area contributed by atoms with Crippen LogP contribution in [0.5, 0.6) is 5.75 Å². The zero-order chi connectivity index (χ0) is 10.9. The minimum atomic E-state index is -0.405. The monoisotopic (exact) mass is 216 g/mol. The van der Waals surface area contributed by atoms with E-state index in [2.05, 4.69) is 0 Å². The highest BCUT2D eigenvalue weighted by Crippen LogP contribution is 2.34. The summed E-state index contributed by atoms with van der Waals surface area (Å²) in [5, 5.41) is 0.0925. The van der Waals surface area contributed by atoms with Crippen molar-refractivity contribution in [3.63, 3.8) is 0 Å². The quantitative estimate of drug-likeness (QED) is 0.694. The Balaban J connectivity index is 3.35. The molecule has 0 fully saturated rings. The van der Waals surface area contributed by atoms with E-state index in [0.717, 1.165) is 5.56 Å². The number of benzene rings is 1. The number of hydrogen-bond acceptors (Lipinski definition) is 1. The van der Waals surface area contributed by atoms with Crippen LogP contribution in [0.25, 0.3) is 0 Å². The van der Waals surface area contributed by atoms with Crippen molar-refractivity contribution in [2.75, 3.05) is 7.11 Å². The van der Waals surface area contributed by atoms with Gasteiger partial charge in [-0.25, -0.2) is 4.39 Å². The van der Waals surface area contributed by atoms with E-state index in [9.17, 15) is 4.39 Å². The Hall–Kier alpha value is -0.760. The lowest BCUT2D eigenvalue weighted by Gasteiger charge is -2.22. The van der Waals surface area contributed by atoms with Gasteiger partial charge in [0.05, 0.1) is 12.1 Å². The third kappa shape index (κ3) is 2.18. The van der Waals surface area contributed by atoms with Crippen molar-refractivity contribution in [1.82, 2.24) is 0 Å². The summed E-state index contributed by atoms with van der Waals surface area (Å²) in [7, 11) is 1.55. The number of ether oxygens (including phenoxy) is 1. The molecular weight excluding hydrogens is 203 g/mol. The predicted molar refractivity (Wildman–Crippen MR) is 56.7 cm³/mol. The van der Waals surface area contributed by atoms with E-state index in [1.807, 2.05) is 20.8 Å². The highest BCUT2D eigenvalue weighted by molar-refractivity contribution is 6.30. The molecule has 0 saturated carbocycles. The van der Waals surface area contributed by atoms with Gasteiger partial charge in [-0.1, -0.05) is 32.4 Å². The zero-order valence-electron chi connectivity index (χ0n) is 8.82. The molecule has 0 heterocycles. The summed E-state index contributed by atoms with van der Waals surface area (Å²) >= 11 is 5.66. The minimum absolute atomic E-state index is 0.0925. The van der Waals surface area contributed by atoms with E-state index in [4.69, 9.17) is 16.3 Å². The first-order chi connectivity index (χ1) is 6.36. The lowest BCUT2D eigenvalue weighted by Crippen LogP contribution is -2.13. The number of methoxy groups -OCH3 is 1. The normalized spacial score (nSPS) is 11.6. The lowest BCUT2D eigenvalue weighted by atomic mass is 9.86. The second kappa shape index (κ2) is 3.77. The van der Waals surface area contributed by atoms with Gasteiger partial charge in [-0.3, -0.25) is 0 Å². The number of hydrogen-bond donors (Lipinski definition) is 0. The van der Waals surface area contributed by atoms with Gasteiger partial charge in [0.1, 0.15) is 11.6 Å². The maximum Gasteiger partial charge on any atom is 0.142 e.